The summed E-state index contributed by atoms with van der Waals surface area (Å²) in [7, 11) is 0. The summed E-state index contributed by atoms with van der Waals surface area (Å²) in [5.41, 5.74) is 5.21. The lowest BCUT2D eigenvalue weighted by atomic mass is 10.2. The van der Waals surface area contributed by atoms with Crippen LogP contribution in [0.5, 0.6) is 11.5 Å². The van der Waals surface area contributed by atoms with Crippen LogP contribution in [0.3, 0.4) is 0 Å². The van der Waals surface area contributed by atoms with E-state index in [0.717, 1.165) is 22.0 Å². The highest BCUT2D eigenvalue weighted by atomic mass is 32.2. The van der Waals surface area contributed by atoms with Crippen molar-refractivity contribution in [2.75, 3.05) is 6.54 Å². The summed E-state index contributed by atoms with van der Waals surface area (Å²) in [6, 6.07) is 21.0. The second-order valence-electron chi connectivity index (χ2n) is 7.60. The molecule has 176 valence electrons. The third-order valence-electron chi connectivity index (χ3n) is 5.10. The molecule has 5 rings (SSSR count). The molecular formula is C25H19N3O4S3. The number of phenols is 2. The van der Waals surface area contributed by atoms with Crippen molar-refractivity contribution >= 4 is 62.2 Å². The Balaban J connectivity index is 1.35. The molecule has 0 bridgehead atoms. The van der Waals surface area contributed by atoms with Crippen molar-refractivity contribution in [3.63, 3.8) is 0 Å². The number of nitrogens with one attached hydrogen (secondary N) is 1. The fourth-order valence-corrected chi connectivity index (χ4v) is 6.63. The normalized spacial score (nSPS) is 16.9. The first kappa shape index (κ1) is 23.4. The Bertz CT molecular complexity index is 1420. The third-order valence-corrected chi connectivity index (χ3v) is 8.32. The number of nitrogens with zero attached hydrogens (tertiary/aromatic N) is 2. The maximum Gasteiger partial charge on any atom is 0.275 e. The number of aromatic hydroxyl groups is 2. The minimum atomic E-state index is -0.488. The fourth-order valence-electron chi connectivity index (χ4n) is 3.54. The quantitative estimate of drug-likeness (QED) is 0.237. The van der Waals surface area contributed by atoms with Crippen molar-refractivity contribution in [3.05, 3.63) is 88.8 Å². The molecule has 1 amide bonds. The molecule has 1 aliphatic rings. The van der Waals surface area contributed by atoms with Gasteiger partial charge in [-0.05, 0) is 65.4 Å². The SMILES string of the molecule is O=C(CNN1C(=O)/C(=C\c2cccc(O)c2)SC1c1cccc(O)c1)Sc1nc2ccccc2s1. The molecule has 1 atom stereocenters. The predicted octanol–water partition coefficient (Wildman–Crippen LogP) is 5.15. The second kappa shape index (κ2) is 10.1. The van der Waals surface area contributed by atoms with Crippen LogP contribution in [0.1, 0.15) is 16.5 Å². The van der Waals surface area contributed by atoms with E-state index in [2.05, 4.69) is 10.4 Å². The zero-order valence-corrected chi connectivity index (χ0v) is 20.6. The zero-order valence-electron chi connectivity index (χ0n) is 18.1. The van der Waals surface area contributed by atoms with Crippen LogP contribution in [0.4, 0.5) is 0 Å². The first-order valence-corrected chi connectivity index (χ1v) is 13.1. The van der Waals surface area contributed by atoms with E-state index in [1.807, 2.05) is 30.3 Å². The number of hydrogen-bond acceptors (Lipinski definition) is 9. The Morgan fingerprint density at radius 1 is 1.06 bits per heavy atom. The molecule has 0 radical (unpaired) electrons. The smallest absolute Gasteiger partial charge is 0.275 e. The molecule has 1 aliphatic heterocycles. The van der Waals surface area contributed by atoms with Gasteiger partial charge in [0.25, 0.3) is 5.91 Å². The van der Waals surface area contributed by atoms with Crippen LogP contribution in [-0.4, -0.2) is 37.8 Å². The molecule has 3 N–H and O–H groups in total. The van der Waals surface area contributed by atoms with Crippen molar-refractivity contribution in [3.8, 4) is 11.5 Å². The first-order valence-electron chi connectivity index (χ1n) is 10.6. The maximum atomic E-state index is 13.3. The molecule has 7 nitrogen and oxygen atoms in total. The molecule has 4 aromatic rings. The standard InChI is InChI=1S/C25H19N3O4S3/c29-17-7-3-5-15(11-17)12-21-23(32)28(24(33-21)16-6-4-8-18(30)13-16)26-14-22(31)35-25-27-19-9-1-2-10-20(19)34-25/h1-13,24,26,29-30H,14H2/b21-12+. The number of hydrogen-bond donors (Lipinski definition) is 3. The molecule has 0 aliphatic carbocycles. The molecule has 1 aromatic heterocycles. The van der Waals surface area contributed by atoms with E-state index in [4.69, 9.17) is 0 Å². The summed E-state index contributed by atoms with van der Waals surface area (Å²) in [5, 5.41) is 20.5. The van der Waals surface area contributed by atoms with E-state index in [0.29, 0.717) is 20.4 Å². The van der Waals surface area contributed by atoms with E-state index in [1.165, 1.54) is 28.1 Å². The summed E-state index contributed by atoms with van der Waals surface area (Å²) < 4.78 is 1.65. The Morgan fingerprint density at radius 2 is 1.83 bits per heavy atom. The van der Waals surface area contributed by atoms with Gasteiger partial charge in [0.2, 0.25) is 5.12 Å². The van der Waals surface area contributed by atoms with Crippen molar-refractivity contribution in [2.24, 2.45) is 0 Å². The molecule has 0 saturated carbocycles. The highest BCUT2D eigenvalue weighted by Gasteiger charge is 2.38. The Hall–Kier alpha value is -3.31. The number of thiazole rings is 1. The van der Waals surface area contributed by atoms with Crippen molar-refractivity contribution in [1.29, 1.82) is 0 Å². The zero-order chi connectivity index (χ0) is 24.4. The van der Waals surface area contributed by atoms with Crippen LogP contribution in [0.15, 0.2) is 82.0 Å². The minimum absolute atomic E-state index is 0.0817. The number of phenolic OH excluding ortho intramolecular Hbond substituents is 2. The van der Waals surface area contributed by atoms with Gasteiger partial charge in [0.05, 0.1) is 21.7 Å². The van der Waals surface area contributed by atoms with Gasteiger partial charge < -0.3 is 10.2 Å². The van der Waals surface area contributed by atoms with Gasteiger partial charge in [-0.3, -0.25) is 14.6 Å². The summed E-state index contributed by atoms with van der Waals surface area (Å²) in [5.74, 6) is -0.111. The number of fused-ring (bicyclic) bond motifs is 1. The number of amides is 1. The first-order chi connectivity index (χ1) is 17.0. The number of carbonyl (C=O) groups is 2. The Labute approximate surface area is 213 Å². The van der Waals surface area contributed by atoms with Gasteiger partial charge in [0.1, 0.15) is 16.9 Å². The number of rotatable bonds is 6. The van der Waals surface area contributed by atoms with E-state index in [-0.39, 0.29) is 29.1 Å². The van der Waals surface area contributed by atoms with E-state index < -0.39 is 5.37 Å². The number of aromatic nitrogens is 1. The Morgan fingerprint density at radius 3 is 2.60 bits per heavy atom. The van der Waals surface area contributed by atoms with Crippen molar-refractivity contribution in [1.82, 2.24) is 15.4 Å². The minimum Gasteiger partial charge on any atom is -0.508 e. The molecule has 0 spiro atoms. The number of thioether (sulfide) groups is 2. The molecule has 35 heavy (non-hydrogen) atoms. The molecule has 2 heterocycles. The van der Waals surface area contributed by atoms with Gasteiger partial charge >= 0.3 is 0 Å². The van der Waals surface area contributed by atoms with Crippen LogP contribution in [0.25, 0.3) is 16.3 Å². The Kier molecular flexibility index (Phi) is 6.78. The summed E-state index contributed by atoms with van der Waals surface area (Å²) >= 11 is 3.79. The van der Waals surface area contributed by atoms with Crippen molar-refractivity contribution < 1.29 is 19.8 Å². The van der Waals surface area contributed by atoms with E-state index >= 15 is 0 Å². The van der Waals surface area contributed by atoms with Gasteiger partial charge in [-0.25, -0.2) is 10.4 Å². The second-order valence-corrected chi connectivity index (χ2v) is 11.1. The number of carbonyl (C=O) groups excluding carboxylic acids is 2. The van der Waals surface area contributed by atoms with Crippen molar-refractivity contribution in [2.45, 2.75) is 9.71 Å². The number of benzene rings is 3. The lowest BCUT2D eigenvalue weighted by Gasteiger charge is -2.24. The maximum absolute atomic E-state index is 13.3. The summed E-state index contributed by atoms with van der Waals surface area (Å²) in [6.07, 6.45) is 1.70. The van der Waals surface area contributed by atoms with Gasteiger partial charge in [-0.15, -0.1) is 11.3 Å². The van der Waals surface area contributed by atoms with Crippen LogP contribution < -0.4 is 5.43 Å². The van der Waals surface area contributed by atoms with Crippen LogP contribution in [-0.2, 0) is 9.59 Å². The largest absolute Gasteiger partial charge is 0.508 e. The number of hydrazine groups is 1. The summed E-state index contributed by atoms with van der Waals surface area (Å²) in [4.78, 5) is 30.9. The average molecular weight is 522 g/mol. The highest BCUT2D eigenvalue weighted by Crippen LogP contribution is 2.45. The molecular weight excluding hydrogens is 502 g/mol. The van der Waals surface area contributed by atoms with Gasteiger partial charge in [0.15, 0.2) is 4.34 Å². The molecule has 1 saturated heterocycles. The van der Waals surface area contributed by atoms with Crippen LogP contribution in [0, 0.1) is 0 Å². The fraction of sp³-hybridized carbons (Fsp3) is 0.0800. The lowest BCUT2D eigenvalue weighted by Crippen LogP contribution is -2.42. The number of para-hydroxylation sites is 1. The lowest BCUT2D eigenvalue weighted by molar-refractivity contribution is -0.129. The van der Waals surface area contributed by atoms with Crippen LogP contribution >= 0.6 is 34.9 Å². The van der Waals surface area contributed by atoms with Gasteiger partial charge in [0, 0.05) is 0 Å². The summed E-state index contributed by atoms with van der Waals surface area (Å²) in [6.45, 7) is -0.0817. The monoisotopic (exact) mass is 521 g/mol. The molecule has 1 unspecified atom stereocenters. The third kappa shape index (κ3) is 5.35. The average Bonchev–Trinajstić information content (AvgIpc) is 3.38. The molecule has 3 aromatic carbocycles. The van der Waals surface area contributed by atoms with Gasteiger partial charge in [-0.1, -0.05) is 48.2 Å². The predicted molar refractivity (Wildman–Crippen MR) is 140 cm³/mol. The molecule has 10 heteroatoms. The van der Waals surface area contributed by atoms with E-state index in [9.17, 15) is 19.8 Å². The van der Waals surface area contributed by atoms with Gasteiger partial charge in [-0.2, -0.15) is 0 Å². The highest BCUT2D eigenvalue weighted by molar-refractivity contribution is 8.15. The molecule has 1 fully saturated rings. The van der Waals surface area contributed by atoms with E-state index in [1.54, 1.807) is 48.5 Å². The van der Waals surface area contributed by atoms with Crippen LogP contribution in [0.2, 0.25) is 0 Å². The topological polar surface area (TPSA) is 103 Å².